The first kappa shape index (κ1) is 24.2. The number of alkyl halides is 3. The fraction of sp³-hybridized carbons (Fsp3) is 0.250. The van der Waals surface area contributed by atoms with E-state index in [2.05, 4.69) is 16.0 Å². The number of thiocarbonyl (C=S) groups is 1. The molecule has 1 amide bonds. The number of hydrogen-bond acceptors (Lipinski definition) is 4. The molecule has 160 valence electrons. The zero-order valence-electron chi connectivity index (χ0n) is 16.0. The number of anilines is 1. The van der Waals surface area contributed by atoms with Gasteiger partial charge >= 0.3 is 5.97 Å². The Balaban J connectivity index is 1.96. The van der Waals surface area contributed by atoms with Gasteiger partial charge in [0.05, 0.1) is 18.6 Å². The van der Waals surface area contributed by atoms with E-state index in [4.69, 9.17) is 51.8 Å². The number of halogens is 3. The standard InChI is InChI=1S/C20H20Cl3N3O3S/c1-2-29-17(28)14-8-10-15(11-9-14)24-19(30)26-18(20(21,22)23)25-16(27)12-13-6-4-3-5-7-13/h3-11,18H,2,12H2,1H3,(H,25,27)(H2,24,26,30)/t18-/m0/s1. The van der Waals surface area contributed by atoms with Crippen molar-refractivity contribution < 1.29 is 14.3 Å². The molecule has 0 saturated heterocycles. The fourth-order valence-corrected chi connectivity index (χ4v) is 2.96. The minimum absolute atomic E-state index is 0.120. The predicted molar refractivity (Wildman–Crippen MR) is 124 cm³/mol. The van der Waals surface area contributed by atoms with Gasteiger partial charge in [0, 0.05) is 5.69 Å². The molecule has 2 aromatic carbocycles. The van der Waals surface area contributed by atoms with Gasteiger partial charge in [0.1, 0.15) is 6.17 Å². The van der Waals surface area contributed by atoms with Gasteiger partial charge < -0.3 is 20.7 Å². The number of amides is 1. The molecule has 3 N–H and O–H groups in total. The topological polar surface area (TPSA) is 79.5 Å². The Labute approximate surface area is 195 Å². The van der Waals surface area contributed by atoms with Gasteiger partial charge in [0.15, 0.2) is 5.11 Å². The number of hydrogen-bond donors (Lipinski definition) is 3. The van der Waals surface area contributed by atoms with Crippen molar-refractivity contribution in [1.82, 2.24) is 10.6 Å². The average Bonchev–Trinajstić information content (AvgIpc) is 2.68. The number of benzene rings is 2. The third-order valence-electron chi connectivity index (χ3n) is 3.77. The van der Waals surface area contributed by atoms with Crippen LogP contribution in [0.3, 0.4) is 0 Å². The molecule has 0 heterocycles. The van der Waals surface area contributed by atoms with Gasteiger partial charge in [-0.3, -0.25) is 4.79 Å². The van der Waals surface area contributed by atoms with Gasteiger partial charge in [0.25, 0.3) is 0 Å². The van der Waals surface area contributed by atoms with Crippen molar-refractivity contribution in [3.8, 4) is 0 Å². The Morgan fingerprint density at radius 1 is 1.03 bits per heavy atom. The lowest BCUT2D eigenvalue weighted by Gasteiger charge is -2.27. The maximum Gasteiger partial charge on any atom is 0.338 e. The Bertz CT molecular complexity index is 874. The van der Waals surface area contributed by atoms with E-state index in [-0.39, 0.29) is 17.4 Å². The predicted octanol–water partition coefficient (Wildman–Crippen LogP) is 4.20. The van der Waals surface area contributed by atoms with Crippen molar-refractivity contribution >= 4 is 69.7 Å². The maximum absolute atomic E-state index is 12.3. The Morgan fingerprint density at radius 2 is 1.67 bits per heavy atom. The number of carbonyl (C=O) groups is 2. The highest BCUT2D eigenvalue weighted by molar-refractivity contribution is 7.80. The van der Waals surface area contributed by atoms with Crippen LogP contribution in [0.5, 0.6) is 0 Å². The summed E-state index contributed by atoms with van der Waals surface area (Å²) in [5.74, 6) is -0.756. The highest BCUT2D eigenvalue weighted by Gasteiger charge is 2.34. The van der Waals surface area contributed by atoms with Crippen LogP contribution >= 0.6 is 47.0 Å². The molecule has 30 heavy (non-hydrogen) atoms. The van der Waals surface area contributed by atoms with Crippen LogP contribution in [0.4, 0.5) is 5.69 Å². The smallest absolute Gasteiger partial charge is 0.338 e. The number of nitrogens with one attached hydrogen (secondary N) is 3. The molecule has 0 fully saturated rings. The summed E-state index contributed by atoms with van der Waals surface area (Å²) in [4.78, 5) is 24.0. The van der Waals surface area contributed by atoms with E-state index in [1.807, 2.05) is 30.3 Å². The van der Waals surface area contributed by atoms with Gasteiger partial charge in [-0.25, -0.2) is 4.79 Å². The summed E-state index contributed by atoms with van der Waals surface area (Å²) in [5, 5.41) is 8.43. The molecular formula is C20H20Cl3N3O3S. The van der Waals surface area contributed by atoms with Crippen molar-refractivity contribution in [3.05, 3.63) is 65.7 Å². The second kappa shape index (κ2) is 11.4. The van der Waals surface area contributed by atoms with Crippen LogP contribution in [0.15, 0.2) is 54.6 Å². The molecule has 0 spiro atoms. The highest BCUT2D eigenvalue weighted by Crippen LogP contribution is 2.29. The van der Waals surface area contributed by atoms with Crippen molar-refractivity contribution in [2.75, 3.05) is 11.9 Å². The van der Waals surface area contributed by atoms with Crippen LogP contribution in [0, 0.1) is 0 Å². The largest absolute Gasteiger partial charge is 0.462 e. The van der Waals surface area contributed by atoms with Crippen molar-refractivity contribution in [2.24, 2.45) is 0 Å². The number of rotatable bonds is 7. The van der Waals surface area contributed by atoms with E-state index < -0.39 is 15.9 Å². The van der Waals surface area contributed by atoms with Crippen LogP contribution in [0.1, 0.15) is 22.8 Å². The van der Waals surface area contributed by atoms with Gasteiger partial charge in [-0.05, 0) is 49.0 Å². The molecular weight excluding hydrogens is 469 g/mol. The van der Waals surface area contributed by atoms with Gasteiger partial charge in [-0.15, -0.1) is 0 Å². The molecule has 0 aliphatic rings. The van der Waals surface area contributed by atoms with E-state index in [1.165, 1.54) is 0 Å². The number of carbonyl (C=O) groups excluding carboxylic acids is 2. The summed E-state index contributed by atoms with van der Waals surface area (Å²) >= 11 is 23.2. The van der Waals surface area contributed by atoms with Crippen LogP contribution < -0.4 is 16.0 Å². The van der Waals surface area contributed by atoms with Crippen molar-refractivity contribution in [2.45, 2.75) is 23.3 Å². The van der Waals surface area contributed by atoms with E-state index in [9.17, 15) is 9.59 Å². The summed E-state index contributed by atoms with van der Waals surface area (Å²) in [6.07, 6.45) is -0.951. The van der Waals surface area contributed by atoms with Crippen molar-refractivity contribution in [1.29, 1.82) is 0 Å². The van der Waals surface area contributed by atoms with Gasteiger partial charge in [0.2, 0.25) is 9.70 Å². The zero-order chi connectivity index (χ0) is 22.1. The molecule has 0 unspecified atom stereocenters. The molecule has 0 aromatic heterocycles. The lowest BCUT2D eigenvalue weighted by Crippen LogP contribution is -2.56. The molecule has 6 nitrogen and oxygen atoms in total. The second-order valence-electron chi connectivity index (χ2n) is 6.10. The summed E-state index contributed by atoms with van der Waals surface area (Å²) in [6, 6.07) is 15.7. The average molecular weight is 489 g/mol. The lowest BCUT2D eigenvalue weighted by molar-refractivity contribution is -0.121. The lowest BCUT2D eigenvalue weighted by atomic mass is 10.1. The molecule has 2 aromatic rings. The third kappa shape index (κ3) is 7.99. The van der Waals surface area contributed by atoms with E-state index in [1.54, 1.807) is 31.2 Å². The molecule has 1 atom stereocenters. The van der Waals surface area contributed by atoms with Crippen LogP contribution in [0.25, 0.3) is 0 Å². The summed E-state index contributed by atoms with van der Waals surface area (Å²) in [7, 11) is 0. The highest BCUT2D eigenvalue weighted by atomic mass is 35.6. The van der Waals surface area contributed by atoms with Crippen molar-refractivity contribution in [3.63, 3.8) is 0 Å². The van der Waals surface area contributed by atoms with Crippen LogP contribution in [-0.2, 0) is 16.0 Å². The molecule has 0 aliphatic heterocycles. The Hall–Kier alpha value is -2.06. The first-order chi connectivity index (χ1) is 14.2. The first-order valence-corrected chi connectivity index (χ1v) is 10.5. The summed E-state index contributed by atoms with van der Waals surface area (Å²) in [6.45, 7) is 2.03. The minimum atomic E-state index is -1.86. The Kier molecular flexibility index (Phi) is 9.17. The van der Waals surface area contributed by atoms with E-state index in [0.29, 0.717) is 17.9 Å². The SMILES string of the molecule is CCOC(=O)c1ccc(NC(=S)N[C@H](NC(=O)Cc2ccccc2)C(Cl)(Cl)Cl)cc1. The molecule has 0 radical (unpaired) electrons. The van der Waals surface area contributed by atoms with Gasteiger partial charge in [-0.1, -0.05) is 65.1 Å². The summed E-state index contributed by atoms with van der Waals surface area (Å²) < 4.78 is 3.08. The monoisotopic (exact) mass is 487 g/mol. The van der Waals surface area contributed by atoms with E-state index >= 15 is 0 Å². The minimum Gasteiger partial charge on any atom is -0.462 e. The molecule has 2 rings (SSSR count). The molecule has 10 heteroatoms. The van der Waals surface area contributed by atoms with Gasteiger partial charge in [-0.2, -0.15) is 0 Å². The molecule has 0 aliphatic carbocycles. The molecule has 0 saturated carbocycles. The molecule has 0 bridgehead atoms. The van der Waals surface area contributed by atoms with Crippen LogP contribution in [0.2, 0.25) is 0 Å². The van der Waals surface area contributed by atoms with Crippen LogP contribution in [-0.4, -0.2) is 33.6 Å². The number of ether oxygens (including phenoxy) is 1. The number of esters is 1. The fourth-order valence-electron chi connectivity index (χ4n) is 2.40. The second-order valence-corrected chi connectivity index (χ2v) is 8.88. The van der Waals surface area contributed by atoms with E-state index in [0.717, 1.165) is 5.56 Å². The normalized spacial score (nSPS) is 11.9. The maximum atomic E-state index is 12.3. The third-order valence-corrected chi connectivity index (χ3v) is 4.64. The Morgan fingerprint density at radius 3 is 2.23 bits per heavy atom. The quantitative estimate of drug-likeness (QED) is 0.235. The summed E-state index contributed by atoms with van der Waals surface area (Å²) in [5.41, 5.74) is 1.83. The zero-order valence-corrected chi connectivity index (χ0v) is 19.0. The first-order valence-electron chi connectivity index (χ1n) is 8.93.